The number of aliphatic hydroxyl groups excluding tert-OH is 1. The molecule has 0 aliphatic carbocycles. The van der Waals surface area contributed by atoms with Crippen LogP contribution in [0, 0.1) is 5.92 Å². The molecule has 0 aliphatic rings. The molecule has 4 amide bonds. The fourth-order valence-corrected chi connectivity index (χ4v) is 2.26. The van der Waals surface area contributed by atoms with E-state index >= 15 is 0 Å². The van der Waals surface area contributed by atoms with Gasteiger partial charge >= 0.3 is 5.97 Å². The van der Waals surface area contributed by atoms with Gasteiger partial charge in [-0.25, -0.2) is 4.79 Å². The van der Waals surface area contributed by atoms with Gasteiger partial charge in [0.25, 0.3) is 0 Å². The summed E-state index contributed by atoms with van der Waals surface area (Å²) in [6.45, 7) is 4.10. The number of hydrogen-bond acceptors (Lipinski definition) is 7. The molecule has 0 bridgehead atoms. The first-order valence-electron chi connectivity index (χ1n) is 9.23. The van der Waals surface area contributed by atoms with Crippen LogP contribution in [0.3, 0.4) is 0 Å². The summed E-state index contributed by atoms with van der Waals surface area (Å²) in [6, 6.07) is -4.75. The van der Waals surface area contributed by atoms with Gasteiger partial charge in [0.2, 0.25) is 23.6 Å². The van der Waals surface area contributed by atoms with Crippen LogP contribution < -0.4 is 27.4 Å². The Kier molecular flexibility index (Phi) is 11.5. The number of nitrogens with one attached hydrogen (secondary N) is 3. The van der Waals surface area contributed by atoms with Crippen molar-refractivity contribution in [1.29, 1.82) is 0 Å². The van der Waals surface area contributed by atoms with Gasteiger partial charge < -0.3 is 37.6 Å². The second-order valence-electron chi connectivity index (χ2n) is 6.81. The summed E-state index contributed by atoms with van der Waals surface area (Å²) in [6.07, 6.45) is 0.0160. The molecule has 0 aromatic rings. The number of hydrogen-bond donors (Lipinski definition) is 7. The Hall–Kier alpha value is -2.73. The zero-order chi connectivity index (χ0) is 22.7. The summed E-state index contributed by atoms with van der Waals surface area (Å²) in [5.41, 5.74) is 10.4. The number of aliphatic carboxylic acids is 1. The Morgan fingerprint density at radius 3 is 1.90 bits per heavy atom. The molecule has 0 saturated carbocycles. The third-order valence-electron chi connectivity index (χ3n) is 4.32. The number of carboxylic acid groups (broad SMARTS) is 1. The van der Waals surface area contributed by atoms with Crippen molar-refractivity contribution >= 4 is 29.6 Å². The summed E-state index contributed by atoms with van der Waals surface area (Å²) in [4.78, 5) is 58.9. The van der Waals surface area contributed by atoms with Crippen LogP contribution in [-0.2, 0) is 24.0 Å². The van der Waals surface area contributed by atoms with Crippen LogP contribution in [0.15, 0.2) is 0 Å². The topological polar surface area (TPSA) is 214 Å². The molecule has 0 aliphatic heterocycles. The van der Waals surface area contributed by atoms with Crippen LogP contribution in [0.5, 0.6) is 0 Å². The van der Waals surface area contributed by atoms with E-state index < -0.39 is 66.3 Å². The lowest BCUT2D eigenvalue weighted by Gasteiger charge is -2.27. The van der Waals surface area contributed by atoms with E-state index in [0.717, 1.165) is 0 Å². The van der Waals surface area contributed by atoms with Crippen LogP contribution >= 0.6 is 0 Å². The van der Waals surface area contributed by atoms with Crippen LogP contribution in [0.2, 0.25) is 0 Å². The summed E-state index contributed by atoms with van der Waals surface area (Å²) < 4.78 is 0. The highest BCUT2D eigenvalue weighted by Gasteiger charge is 2.32. The lowest BCUT2D eigenvalue weighted by Crippen LogP contribution is -2.59. The Morgan fingerprint density at radius 1 is 0.931 bits per heavy atom. The van der Waals surface area contributed by atoms with Gasteiger partial charge in [-0.05, 0) is 19.3 Å². The van der Waals surface area contributed by atoms with Gasteiger partial charge in [-0.2, -0.15) is 0 Å². The summed E-state index contributed by atoms with van der Waals surface area (Å²) in [5.74, 6) is -4.74. The average molecular weight is 417 g/mol. The number of rotatable bonds is 13. The van der Waals surface area contributed by atoms with Gasteiger partial charge in [-0.15, -0.1) is 0 Å². The van der Waals surface area contributed by atoms with E-state index in [2.05, 4.69) is 16.0 Å². The Balaban J connectivity index is 5.29. The van der Waals surface area contributed by atoms with E-state index in [-0.39, 0.29) is 12.8 Å². The molecular formula is C17H31N5O7. The van der Waals surface area contributed by atoms with Crippen LogP contribution in [0.25, 0.3) is 0 Å². The van der Waals surface area contributed by atoms with Crippen molar-refractivity contribution in [1.82, 2.24) is 16.0 Å². The molecule has 12 heteroatoms. The first-order chi connectivity index (χ1) is 13.4. The maximum atomic E-state index is 12.6. The van der Waals surface area contributed by atoms with Gasteiger partial charge in [0, 0.05) is 6.42 Å². The van der Waals surface area contributed by atoms with Crippen molar-refractivity contribution in [2.45, 2.75) is 64.2 Å². The Labute approximate surface area is 168 Å². The van der Waals surface area contributed by atoms with Crippen molar-refractivity contribution in [2.24, 2.45) is 17.4 Å². The molecule has 166 valence electrons. The minimum atomic E-state index is -1.37. The first-order valence-corrected chi connectivity index (χ1v) is 9.23. The molecular weight excluding hydrogens is 386 g/mol. The number of nitrogens with two attached hydrogens (primary N) is 2. The lowest BCUT2D eigenvalue weighted by molar-refractivity contribution is -0.143. The van der Waals surface area contributed by atoms with Crippen molar-refractivity contribution < 1.29 is 34.2 Å². The smallest absolute Gasteiger partial charge is 0.326 e. The molecule has 0 saturated heterocycles. The van der Waals surface area contributed by atoms with E-state index in [1.54, 1.807) is 13.8 Å². The van der Waals surface area contributed by atoms with E-state index in [4.69, 9.17) is 11.5 Å². The Bertz CT molecular complexity index is 611. The largest absolute Gasteiger partial charge is 0.480 e. The number of carbonyl (C=O) groups excluding carboxylic acids is 4. The number of carbonyl (C=O) groups is 5. The standard InChI is InChI=1S/C17H31N5O7/c1-4-8(2)13(16(27)20-10(17(28)29)5-6-12(19)24)22-15(26)11(7-23)21-14(25)9(3)18/h8-11,13,23H,4-7,18H2,1-3H3,(H2,19,24)(H,20,27)(H,21,25)(H,22,26)(H,28,29). The van der Waals surface area contributed by atoms with Gasteiger partial charge in [0.05, 0.1) is 12.6 Å². The highest BCUT2D eigenvalue weighted by Crippen LogP contribution is 2.10. The normalized spacial score (nSPS) is 15.9. The van der Waals surface area contributed by atoms with Crippen molar-refractivity contribution in [3.8, 4) is 0 Å². The molecule has 5 unspecified atom stereocenters. The Morgan fingerprint density at radius 2 is 1.48 bits per heavy atom. The predicted octanol–water partition coefficient (Wildman–Crippen LogP) is -2.82. The minimum Gasteiger partial charge on any atom is -0.480 e. The third-order valence-corrected chi connectivity index (χ3v) is 4.32. The number of aliphatic hydroxyl groups is 1. The highest BCUT2D eigenvalue weighted by molar-refractivity contribution is 5.94. The van der Waals surface area contributed by atoms with E-state index in [1.807, 2.05) is 0 Å². The van der Waals surface area contributed by atoms with Crippen molar-refractivity contribution in [3.05, 3.63) is 0 Å². The second-order valence-corrected chi connectivity index (χ2v) is 6.81. The molecule has 0 aromatic heterocycles. The molecule has 12 nitrogen and oxygen atoms in total. The fourth-order valence-electron chi connectivity index (χ4n) is 2.26. The second kappa shape index (κ2) is 12.7. The van der Waals surface area contributed by atoms with Gasteiger partial charge in [-0.3, -0.25) is 19.2 Å². The molecule has 0 aromatic carbocycles. The maximum absolute atomic E-state index is 12.6. The number of primary amides is 1. The lowest BCUT2D eigenvalue weighted by atomic mass is 9.97. The van der Waals surface area contributed by atoms with Crippen LogP contribution in [0.4, 0.5) is 0 Å². The molecule has 0 spiro atoms. The average Bonchev–Trinajstić information content (AvgIpc) is 2.65. The maximum Gasteiger partial charge on any atom is 0.326 e. The highest BCUT2D eigenvalue weighted by atomic mass is 16.4. The van der Waals surface area contributed by atoms with Gasteiger partial charge in [-0.1, -0.05) is 20.3 Å². The van der Waals surface area contributed by atoms with Crippen molar-refractivity contribution in [2.75, 3.05) is 6.61 Å². The molecule has 0 radical (unpaired) electrons. The molecule has 0 heterocycles. The number of carboxylic acids is 1. The summed E-state index contributed by atoms with van der Waals surface area (Å²) >= 11 is 0. The van der Waals surface area contributed by atoms with Crippen molar-refractivity contribution in [3.63, 3.8) is 0 Å². The SMILES string of the molecule is CCC(C)C(NC(=O)C(CO)NC(=O)C(C)N)C(=O)NC(CCC(N)=O)C(=O)O. The fraction of sp³-hybridized carbons (Fsp3) is 0.706. The predicted molar refractivity (Wildman–Crippen MR) is 102 cm³/mol. The molecule has 0 fully saturated rings. The van der Waals surface area contributed by atoms with E-state index in [9.17, 15) is 34.2 Å². The van der Waals surface area contributed by atoms with Crippen LogP contribution in [0.1, 0.15) is 40.0 Å². The van der Waals surface area contributed by atoms with E-state index in [1.165, 1.54) is 6.92 Å². The summed E-state index contributed by atoms with van der Waals surface area (Å²) in [7, 11) is 0. The third kappa shape index (κ3) is 9.34. The van der Waals surface area contributed by atoms with Crippen LogP contribution in [-0.4, -0.2) is 70.6 Å². The zero-order valence-corrected chi connectivity index (χ0v) is 16.8. The molecule has 9 N–H and O–H groups in total. The molecule has 0 rings (SSSR count). The van der Waals surface area contributed by atoms with E-state index in [0.29, 0.717) is 6.42 Å². The first kappa shape index (κ1) is 26.3. The zero-order valence-electron chi connectivity index (χ0n) is 16.8. The quantitative estimate of drug-likeness (QED) is 0.165. The number of amides is 4. The van der Waals surface area contributed by atoms with Gasteiger partial charge in [0.15, 0.2) is 0 Å². The van der Waals surface area contributed by atoms with Gasteiger partial charge in [0.1, 0.15) is 18.1 Å². The molecule has 29 heavy (non-hydrogen) atoms. The summed E-state index contributed by atoms with van der Waals surface area (Å²) in [5, 5.41) is 25.6. The monoisotopic (exact) mass is 417 g/mol. The minimum absolute atomic E-state index is 0.207. The molecule has 5 atom stereocenters.